The second-order valence-corrected chi connectivity index (χ2v) is 24.3. The predicted molar refractivity (Wildman–Crippen MR) is 75.8 cm³/mol. The van der Waals surface area contributed by atoms with Gasteiger partial charge in [0.2, 0.25) is 0 Å². The van der Waals surface area contributed by atoms with Gasteiger partial charge in [-0.3, -0.25) is 0 Å². The van der Waals surface area contributed by atoms with Crippen LogP contribution in [-0.2, 0) is 4.79 Å². The Labute approximate surface area is 109 Å². The van der Waals surface area contributed by atoms with Gasteiger partial charge in [0.15, 0.2) is 0 Å². The van der Waals surface area contributed by atoms with Crippen LogP contribution in [0.25, 0.3) is 0 Å². The van der Waals surface area contributed by atoms with Crippen LogP contribution in [0.3, 0.4) is 0 Å². The summed E-state index contributed by atoms with van der Waals surface area (Å²) in [6.45, 7) is 1.43. The zero-order valence-electron chi connectivity index (χ0n) is 7.29. The van der Waals surface area contributed by atoms with Gasteiger partial charge in [0.25, 0.3) is 0 Å². The number of carbonyl (C=O) groups is 1. The monoisotopic (exact) mass is 479 g/mol. The van der Waals surface area contributed by atoms with E-state index in [1.54, 1.807) is 6.07 Å². The number of hydrogen-bond acceptors (Lipinski definition) is 2. The predicted octanol–water partition coefficient (Wildman–Crippen LogP) is 1.92. The summed E-state index contributed by atoms with van der Waals surface area (Å²) in [6.07, 6.45) is 0. The fourth-order valence-corrected chi connectivity index (χ4v) is 4.91. The Morgan fingerprint density at radius 3 is 2.64 bits per heavy atom. The number of phenolic OH excluding ortho intramolecular Hbond substituents is 1. The van der Waals surface area contributed by atoms with Crippen LogP contribution in [0.4, 0.5) is 5.69 Å². The van der Waals surface area contributed by atoms with Crippen molar-refractivity contribution in [2.24, 2.45) is 0 Å². The zero-order chi connectivity index (χ0) is 10.7. The van der Waals surface area contributed by atoms with Gasteiger partial charge in [0.1, 0.15) is 0 Å². The number of aromatic hydroxyl groups is 1. The van der Waals surface area contributed by atoms with Crippen LogP contribution in [0.1, 0.15) is 6.92 Å². The van der Waals surface area contributed by atoms with E-state index in [-0.39, 0.29) is 11.7 Å². The number of carbonyl (C=O) groups excluding carboxylic acids is 1. The molecule has 1 rings (SSSR count). The minimum atomic E-state index is -1.01. The van der Waals surface area contributed by atoms with E-state index in [4.69, 9.17) is 0 Å². The summed E-state index contributed by atoms with van der Waals surface area (Å²) in [5, 5.41) is 12.1. The number of phenols is 1. The van der Waals surface area contributed by atoms with E-state index in [0.29, 0.717) is 5.69 Å². The molecule has 1 aromatic carbocycles. The third-order valence-corrected chi connectivity index (χ3v) is 8.68. The molecule has 0 spiro atoms. The number of hydrogen-bond donors (Lipinski definition) is 2. The summed E-state index contributed by atoms with van der Waals surface area (Å²) in [6, 6.07) is 5.37. The van der Waals surface area contributed by atoms with Crippen molar-refractivity contribution < 1.29 is 9.90 Å². The topological polar surface area (TPSA) is 49.3 Å². The molecule has 3 nitrogen and oxygen atoms in total. The third-order valence-electron chi connectivity index (χ3n) is 1.49. The maximum atomic E-state index is 10.8. The average molecular weight is 479 g/mol. The number of halogens is 2. The first-order valence-corrected chi connectivity index (χ1v) is 16.1. The molecule has 0 unspecified atom stereocenters. The molecule has 6 heteroatoms. The van der Waals surface area contributed by atoms with Crippen LogP contribution in [0.2, 0.25) is 0 Å². The van der Waals surface area contributed by atoms with Gasteiger partial charge < -0.3 is 0 Å². The van der Waals surface area contributed by atoms with Gasteiger partial charge in [-0.2, -0.15) is 0 Å². The summed E-state index contributed by atoms with van der Waals surface area (Å²) in [5.74, 6) is -0.0500. The van der Waals surface area contributed by atoms with Crippen molar-refractivity contribution in [2.75, 3.05) is 5.32 Å². The SMILES string of the molecule is CC(=O)Nc1cc([As](I)I)ccc1O. The molecule has 2 N–H and O–H groups in total. The van der Waals surface area contributed by atoms with E-state index in [9.17, 15) is 9.90 Å². The molecule has 0 aliphatic rings. The van der Waals surface area contributed by atoms with Crippen molar-refractivity contribution in [3.8, 4) is 5.75 Å². The van der Waals surface area contributed by atoms with Crippen molar-refractivity contribution in [2.45, 2.75) is 6.92 Å². The van der Waals surface area contributed by atoms with Gasteiger partial charge in [0, 0.05) is 0 Å². The average Bonchev–Trinajstić information content (AvgIpc) is 2.07. The van der Waals surface area contributed by atoms with Crippen molar-refractivity contribution in [1.29, 1.82) is 0 Å². The number of rotatable bonds is 2. The first-order chi connectivity index (χ1) is 6.50. The summed E-state index contributed by atoms with van der Waals surface area (Å²) in [4.78, 5) is 10.8. The molecule has 0 heterocycles. The Morgan fingerprint density at radius 2 is 2.14 bits per heavy atom. The van der Waals surface area contributed by atoms with Gasteiger partial charge in [-0.15, -0.1) is 0 Å². The van der Waals surface area contributed by atoms with Gasteiger partial charge in [0.05, 0.1) is 0 Å². The van der Waals surface area contributed by atoms with E-state index >= 15 is 0 Å². The van der Waals surface area contributed by atoms with Crippen molar-refractivity contribution in [3.05, 3.63) is 18.2 Å². The number of nitrogens with one attached hydrogen (secondary N) is 1. The number of benzene rings is 1. The van der Waals surface area contributed by atoms with Crippen LogP contribution in [0, 0.1) is 0 Å². The van der Waals surface area contributed by atoms with Gasteiger partial charge in [-0.1, -0.05) is 0 Å². The molecule has 0 atom stereocenters. The van der Waals surface area contributed by atoms with E-state index in [2.05, 4.69) is 45.6 Å². The van der Waals surface area contributed by atoms with Crippen LogP contribution in [0.5, 0.6) is 5.75 Å². The van der Waals surface area contributed by atoms with E-state index < -0.39 is 7.95 Å². The molecule has 14 heavy (non-hydrogen) atoms. The van der Waals surface area contributed by atoms with Crippen molar-refractivity contribution in [1.82, 2.24) is 0 Å². The second-order valence-electron chi connectivity index (χ2n) is 2.62. The fraction of sp³-hybridized carbons (Fsp3) is 0.125. The molecule has 0 saturated heterocycles. The fourth-order valence-electron chi connectivity index (χ4n) is 0.919. The summed E-state index contributed by atoms with van der Waals surface area (Å²) in [5.41, 5.74) is 0.503. The first-order valence-electron chi connectivity index (χ1n) is 3.73. The summed E-state index contributed by atoms with van der Waals surface area (Å²) >= 11 is 4.82. The Morgan fingerprint density at radius 1 is 1.50 bits per heavy atom. The summed E-state index contributed by atoms with van der Waals surface area (Å²) < 4.78 is 1.21. The molecule has 0 saturated carbocycles. The Kier molecular flexibility index (Phi) is 4.99. The van der Waals surface area contributed by atoms with Crippen molar-refractivity contribution in [3.63, 3.8) is 0 Å². The van der Waals surface area contributed by atoms with Gasteiger partial charge >= 0.3 is 110 Å². The minimum absolute atomic E-state index is 0.118. The molecule has 76 valence electrons. The molecule has 0 bridgehead atoms. The van der Waals surface area contributed by atoms with Crippen LogP contribution < -0.4 is 9.67 Å². The first kappa shape index (κ1) is 12.6. The van der Waals surface area contributed by atoms with E-state index in [0.717, 1.165) is 0 Å². The Bertz CT molecular complexity index is 357. The van der Waals surface area contributed by atoms with Crippen LogP contribution in [-0.4, -0.2) is 19.0 Å². The van der Waals surface area contributed by atoms with Crippen LogP contribution >= 0.6 is 40.3 Å². The Hall–Kier alpha value is 0.508. The zero-order valence-corrected chi connectivity index (χ0v) is 13.5. The second kappa shape index (κ2) is 5.55. The molecular weight excluding hydrogens is 471 g/mol. The van der Waals surface area contributed by atoms with E-state index in [1.807, 2.05) is 12.1 Å². The summed E-state index contributed by atoms with van der Waals surface area (Å²) in [7, 11) is -1.01. The third kappa shape index (κ3) is 3.58. The molecular formula is C8H8AsI2NO2. The normalized spacial score (nSPS) is 10.3. The van der Waals surface area contributed by atoms with Crippen LogP contribution in [0.15, 0.2) is 18.2 Å². The molecule has 0 radical (unpaired) electrons. The molecule has 1 amide bonds. The molecule has 0 aliphatic heterocycles. The quantitative estimate of drug-likeness (QED) is 0.388. The number of anilines is 1. The molecule has 0 aliphatic carbocycles. The van der Waals surface area contributed by atoms with E-state index in [1.165, 1.54) is 11.3 Å². The Balaban J connectivity index is 3.02. The van der Waals surface area contributed by atoms with Gasteiger partial charge in [-0.25, -0.2) is 0 Å². The molecule has 1 aromatic rings. The molecule has 0 fully saturated rings. The maximum absolute atomic E-state index is 10.8. The molecule has 0 aromatic heterocycles. The van der Waals surface area contributed by atoms with Crippen molar-refractivity contribution >= 4 is 64.2 Å². The van der Waals surface area contributed by atoms with Gasteiger partial charge in [-0.05, 0) is 0 Å². The number of amides is 1. The standard InChI is InChI=1S/C8H8AsI2NO2/c1-5(13)12-7-4-6(9(10)11)2-3-8(7)14/h2-4,14H,1H3,(H,12,13).